The second kappa shape index (κ2) is 2.82. The van der Waals surface area contributed by atoms with E-state index in [4.69, 9.17) is 15.9 Å². The van der Waals surface area contributed by atoms with Crippen LogP contribution in [0.4, 0.5) is 11.8 Å². The molecular formula is C9H9N3O. The molecule has 0 bridgehead atoms. The van der Waals surface area contributed by atoms with Crippen LogP contribution in [0.15, 0.2) is 34.7 Å². The van der Waals surface area contributed by atoms with Gasteiger partial charge in [0, 0.05) is 5.56 Å². The lowest BCUT2D eigenvalue weighted by molar-refractivity contribution is 0.595. The first-order chi connectivity index (χ1) is 6.27. The molecule has 4 N–H and O–H groups in total. The average Bonchev–Trinajstić information content (AvgIpc) is 2.47. The van der Waals surface area contributed by atoms with Gasteiger partial charge in [0.1, 0.15) is 0 Å². The summed E-state index contributed by atoms with van der Waals surface area (Å²) in [5, 5.41) is 0. The van der Waals surface area contributed by atoms with Crippen LogP contribution >= 0.6 is 0 Å². The highest BCUT2D eigenvalue weighted by atomic mass is 16.4. The average molecular weight is 175 g/mol. The Kier molecular flexibility index (Phi) is 1.66. The first-order valence-corrected chi connectivity index (χ1v) is 3.84. The summed E-state index contributed by atoms with van der Waals surface area (Å²) in [6.45, 7) is 0. The van der Waals surface area contributed by atoms with Gasteiger partial charge in [0.15, 0.2) is 11.6 Å². The Bertz CT molecular complexity index is 408. The molecule has 1 aromatic carbocycles. The maximum atomic E-state index is 5.59. The predicted molar refractivity (Wildman–Crippen MR) is 50.8 cm³/mol. The summed E-state index contributed by atoms with van der Waals surface area (Å²) in [5.74, 6) is 0.849. The molecule has 4 nitrogen and oxygen atoms in total. The van der Waals surface area contributed by atoms with Crippen molar-refractivity contribution in [2.45, 2.75) is 0 Å². The van der Waals surface area contributed by atoms with Crippen molar-refractivity contribution in [1.82, 2.24) is 4.98 Å². The number of rotatable bonds is 1. The van der Waals surface area contributed by atoms with E-state index < -0.39 is 0 Å². The molecule has 0 saturated heterocycles. The standard InChI is InChI=1S/C9H9N3O/c10-8-7(13-9(11)12-8)6-4-2-1-3-5-6/h1-5H,10H2,(H2,11,12). The fourth-order valence-corrected chi connectivity index (χ4v) is 1.15. The van der Waals surface area contributed by atoms with Gasteiger partial charge in [-0.05, 0) is 0 Å². The van der Waals surface area contributed by atoms with Gasteiger partial charge in [-0.1, -0.05) is 30.3 Å². The van der Waals surface area contributed by atoms with Crippen molar-refractivity contribution >= 4 is 11.8 Å². The molecule has 0 aliphatic heterocycles. The smallest absolute Gasteiger partial charge is 0.294 e. The molecule has 0 fully saturated rings. The van der Waals surface area contributed by atoms with Crippen LogP contribution in [-0.2, 0) is 0 Å². The van der Waals surface area contributed by atoms with Crippen molar-refractivity contribution in [3.63, 3.8) is 0 Å². The molecular weight excluding hydrogens is 166 g/mol. The summed E-state index contributed by atoms with van der Waals surface area (Å²) in [7, 11) is 0. The van der Waals surface area contributed by atoms with Crippen molar-refractivity contribution in [2.75, 3.05) is 11.5 Å². The minimum Gasteiger partial charge on any atom is -0.421 e. The molecule has 2 rings (SSSR count). The topological polar surface area (TPSA) is 78.1 Å². The lowest BCUT2D eigenvalue weighted by atomic mass is 10.2. The van der Waals surface area contributed by atoms with E-state index in [0.717, 1.165) is 5.56 Å². The number of benzene rings is 1. The van der Waals surface area contributed by atoms with Gasteiger partial charge in [0.25, 0.3) is 6.01 Å². The Morgan fingerprint density at radius 1 is 1.08 bits per heavy atom. The Labute approximate surface area is 75.2 Å². The second-order valence-electron chi connectivity index (χ2n) is 2.63. The first-order valence-electron chi connectivity index (χ1n) is 3.84. The van der Waals surface area contributed by atoms with Crippen molar-refractivity contribution in [3.05, 3.63) is 30.3 Å². The van der Waals surface area contributed by atoms with Gasteiger partial charge < -0.3 is 15.9 Å². The number of nitrogen functional groups attached to an aromatic ring is 2. The van der Waals surface area contributed by atoms with Crippen LogP contribution in [0.5, 0.6) is 0 Å². The SMILES string of the molecule is Nc1nc(N)c(-c2ccccc2)o1. The third-order valence-corrected chi connectivity index (χ3v) is 1.71. The summed E-state index contributed by atoms with van der Waals surface area (Å²) >= 11 is 0. The minimum atomic E-state index is 0.0938. The fourth-order valence-electron chi connectivity index (χ4n) is 1.15. The molecule has 1 aromatic heterocycles. The quantitative estimate of drug-likeness (QED) is 0.688. The van der Waals surface area contributed by atoms with E-state index in [-0.39, 0.29) is 6.01 Å². The largest absolute Gasteiger partial charge is 0.421 e. The summed E-state index contributed by atoms with van der Waals surface area (Å²) in [5.41, 5.74) is 11.8. The van der Waals surface area contributed by atoms with Gasteiger partial charge in [0.2, 0.25) is 0 Å². The Balaban J connectivity index is 2.53. The van der Waals surface area contributed by atoms with Crippen LogP contribution in [0.3, 0.4) is 0 Å². The van der Waals surface area contributed by atoms with Gasteiger partial charge in [-0.15, -0.1) is 0 Å². The normalized spacial score (nSPS) is 10.2. The fraction of sp³-hybridized carbons (Fsp3) is 0. The highest BCUT2D eigenvalue weighted by Gasteiger charge is 2.09. The van der Waals surface area contributed by atoms with E-state index in [1.807, 2.05) is 30.3 Å². The summed E-state index contributed by atoms with van der Waals surface area (Å²) in [4.78, 5) is 3.78. The highest BCUT2D eigenvalue weighted by molar-refractivity contribution is 5.69. The van der Waals surface area contributed by atoms with Crippen LogP contribution in [0.1, 0.15) is 0 Å². The van der Waals surface area contributed by atoms with Gasteiger partial charge in [0.05, 0.1) is 0 Å². The minimum absolute atomic E-state index is 0.0938. The van der Waals surface area contributed by atoms with Gasteiger partial charge in [-0.25, -0.2) is 0 Å². The highest BCUT2D eigenvalue weighted by Crippen LogP contribution is 2.26. The number of anilines is 2. The monoisotopic (exact) mass is 175 g/mol. The first kappa shape index (κ1) is 7.67. The molecule has 0 saturated carbocycles. The van der Waals surface area contributed by atoms with Crippen molar-refractivity contribution < 1.29 is 4.42 Å². The zero-order valence-electron chi connectivity index (χ0n) is 6.90. The van der Waals surface area contributed by atoms with E-state index in [1.165, 1.54) is 0 Å². The molecule has 1 heterocycles. The van der Waals surface area contributed by atoms with E-state index in [2.05, 4.69) is 4.98 Å². The Morgan fingerprint density at radius 3 is 2.31 bits per heavy atom. The van der Waals surface area contributed by atoms with Crippen LogP contribution in [0, 0.1) is 0 Å². The molecule has 0 spiro atoms. The van der Waals surface area contributed by atoms with Gasteiger partial charge in [-0.2, -0.15) is 4.98 Å². The summed E-state index contributed by atoms with van der Waals surface area (Å²) in [6.07, 6.45) is 0. The van der Waals surface area contributed by atoms with Crippen LogP contribution < -0.4 is 11.5 Å². The number of oxazole rings is 1. The maximum Gasteiger partial charge on any atom is 0.294 e. The van der Waals surface area contributed by atoms with E-state index in [9.17, 15) is 0 Å². The summed E-state index contributed by atoms with van der Waals surface area (Å²) in [6, 6.07) is 9.57. The van der Waals surface area contributed by atoms with Crippen molar-refractivity contribution in [2.24, 2.45) is 0 Å². The molecule has 4 heteroatoms. The number of nitrogens with zero attached hydrogens (tertiary/aromatic N) is 1. The summed E-state index contributed by atoms with van der Waals surface area (Å²) < 4.78 is 5.14. The third kappa shape index (κ3) is 1.33. The van der Waals surface area contributed by atoms with E-state index >= 15 is 0 Å². The third-order valence-electron chi connectivity index (χ3n) is 1.71. The number of nitrogens with two attached hydrogens (primary N) is 2. The molecule has 0 unspecified atom stereocenters. The molecule has 0 aliphatic rings. The molecule has 66 valence electrons. The number of aromatic nitrogens is 1. The molecule has 0 radical (unpaired) electrons. The lowest BCUT2D eigenvalue weighted by Gasteiger charge is -1.94. The molecule has 0 atom stereocenters. The maximum absolute atomic E-state index is 5.59. The molecule has 2 aromatic rings. The number of hydrogen-bond donors (Lipinski definition) is 2. The number of hydrogen-bond acceptors (Lipinski definition) is 4. The predicted octanol–water partition coefficient (Wildman–Crippen LogP) is 1.51. The zero-order chi connectivity index (χ0) is 9.26. The van der Waals surface area contributed by atoms with Crippen molar-refractivity contribution in [3.8, 4) is 11.3 Å². The Morgan fingerprint density at radius 2 is 1.77 bits per heavy atom. The van der Waals surface area contributed by atoms with Crippen LogP contribution in [0.2, 0.25) is 0 Å². The van der Waals surface area contributed by atoms with Gasteiger partial charge >= 0.3 is 0 Å². The van der Waals surface area contributed by atoms with E-state index in [0.29, 0.717) is 11.6 Å². The van der Waals surface area contributed by atoms with Gasteiger partial charge in [-0.3, -0.25) is 0 Å². The van der Waals surface area contributed by atoms with Crippen LogP contribution in [-0.4, -0.2) is 4.98 Å². The van der Waals surface area contributed by atoms with Crippen molar-refractivity contribution in [1.29, 1.82) is 0 Å². The van der Waals surface area contributed by atoms with E-state index in [1.54, 1.807) is 0 Å². The molecule has 13 heavy (non-hydrogen) atoms. The molecule has 0 aliphatic carbocycles. The van der Waals surface area contributed by atoms with Crippen LogP contribution in [0.25, 0.3) is 11.3 Å². The second-order valence-corrected chi connectivity index (χ2v) is 2.63. The Hall–Kier alpha value is -1.97. The molecule has 0 amide bonds. The zero-order valence-corrected chi connectivity index (χ0v) is 6.90. The lowest BCUT2D eigenvalue weighted by Crippen LogP contribution is -1.88.